The number of pyridine rings is 5. The van der Waals surface area contributed by atoms with Gasteiger partial charge in [0.1, 0.15) is 68.2 Å². The summed E-state index contributed by atoms with van der Waals surface area (Å²) in [6.45, 7) is 0. The van der Waals surface area contributed by atoms with Crippen LogP contribution in [0.4, 0.5) is 17.6 Å². The standard InChI is InChI=1S/C27H23F2N3O5.C26H21F2N3O5.C7H8BrNO2/c1-32-13-11-21(36-2)22(26(32)34)17-10-9-15(16-6-5-12-30-24(16)17)14-20(27(35)37-3)31-25(33)23-18(28)7-4-8-19(23)29;1-31-12-10-20(36-2)21(25(31)33)16-9-8-14(15-5-4-11-29-23(15)16)13-19(26(34)35)30-24(32)22-17(27)6-3-7-18(22)28;1-9-4-3-5(11-2)6(8)7(9)10/h4-13,20H,14H2,1-3H3,(H,31,33);3-12,19H,13H2,1-2H3,(H,30,32)(H,34,35);3-4H,1-2H3/t20-;19-;/m00./s1. The largest absolute Gasteiger partial charge is 0.496 e. The van der Waals surface area contributed by atoms with Gasteiger partial charge in [0.25, 0.3) is 28.5 Å². The monoisotopic (exact) mass is 1220 g/mol. The lowest BCUT2D eigenvalue weighted by atomic mass is 9.95. The van der Waals surface area contributed by atoms with Crippen LogP contribution < -0.4 is 41.5 Å². The van der Waals surface area contributed by atoms with E-state index in [9.17, 15) is 56.2 Å². The Morgan fingerprint density at radius 1 is 0.536 bits per heavy atom. The van der Waals surface area contributed by atoms with Gasteiger partial charge in [0.2, 0.25) is 0 Å². The maximum absolute atomic E-state index is 14.1. The summed E-state index contributed by atoms with van der Waals surface area (Å²) in [7, 11) is 10.5. The minimum atomic E-state index is -1.50. The number of halogens is 5. The number of aliphatic carboxylic acids is 1. The Hall–Kier alpha value is -9.97. The quantitative estimate of drug-likeness (QED) is 0.0654. The summed E-state index contributed by atoms with van der Waals surface area (Å²) in [6.07, 6.45) is 7.66. The molecule has 5 heterocycles. The van der Waals surface area contributed by atoms with Gasteiger partial charge in [-0.05, 0) is 81.7 Å². The van der Waals surface area contributed by atoms with E-state index in [0.29, 0.717) is 71.3 Å². The molecule has 2 amide bonds. The number of carbonyl (C=O) groups is 4. The molecular formula is C60H52BrF4N7O12. The Morgan fingerprint density at radius 2 is 0.917 bits per heavy atom. The van der Waals surface area contributed by atoms with Crippen LogP contribution in [0.2, 0.25) is 0 Å². The van der Waals surface area contributed by atoms with Crippen LogP contribution in [0, 0.1) is 23.3 Å². The van der Waals surface area contributed by atoms with E-state index < -0.39 is 70.2 Å². The van der Waals surface area contributed by atoms with Crippen molar-refractivity contribution in [3.05, 3.63) is 215 Å². The van der Waals surface area contributed by atoms with Crippen LogP contribution in [-0.4, -0.2) is 93.1 Å². The molecule has 0 bridgehead atoms. The van der Waals surface area contributed by atoms with Crippen LogP contribution in [-0.2, 0) is 48.3 Å². The number of esters is 1. The molecule has 0 radical (unpaired) electrons. The summed E-state index contributed by atoms with van der Waals surface area (Å²) in [5, 5.41) is 15.4. The van der Waals surface area contributed by atoms with E-state index in [1.54, 1.807) is 113 Å². The van der Waals surface area contributed by atoms with Gasteiger partial charge >= 0.3 is 11.9 Å². The molecule has 9 aromatic rings. The fourth-order valence-electron chi connectivity index (χ4n) is 8.89. The van der Waals surface area contributed by atoms with Crippen LogP contribution in [0.15, 0.2) is 153 Å². The number of aromatic nitrogens is 5. The SMILES string of the molecule is COC(=O)[C@H](Cc1ccc(-c2c(OC)ccn(C)c2=O)c2ncccc12)NC(=O)c1c(F)cccc1F.COc1ccn(C)c(=O)c1-c1ccc(C[C@H](NC(=O)c2c(F)cccc2F)C(=O)O)c2cccnc12.COc1ccn(C)c(=O)c1Br. The molecule has 84 heavy (non-hydrogen) atoms. The third kappa shape index (κ3) is 13.3. The number of carboxylic acid groups (broad SMARTS) is 1. The lowest BCUT2D eigenvalue weighted by Crippen LogP contribution is -2.43. The summed E-state index contributed by atoms with van der Waals surface area (Å²) in [4.78, 5) is 95.7. The van der Waals surface area contributed by atoms with Crippen molar-refractivity contribution < 1.29 is 60.8 Å². The van der Waals surface area contributed by atoms with E-state index in [1.165, 1.54) is 41.2 Å². The Labute approximate surface area is 483 Å². The summed E-state index contributed by atoms with van der Waals surface area (Å²) >= 11 is 3.13. The van der Waals surface area contributed by atoms with Gasteiger partial charge in [-0.25, -0.2) is 27.2 Å². The van der Waals surface area contributed by atoms with Gasteiger partial charge in [0.05, 0.1) is 50.6 Å². The lowest BCUT2D eigenvalue weighted by Gasteiger charge is -2.19. The summed E-state index contributed by atoms with van der Waals surface area (Å²) in [5.41, 5.74) is 1.23. The summed E-state index contributed by atoms with van der Waals surface area (Å²) in [6, 6.07) is 21.7. The van der Waals surface area contributed by atoms with E-state index >= 15 is 0 Å². The second-order valence-electron chi connectivity index (χ2n) is 18.3. The number of aryl methyl sites for hydroxylation is 3. The number of hydrogen-bond donors (Lipinski definition) is 3. The number of ether oxygens (including phenoxy) is 4. The molecule has 19 nitrogen and oxygen atoms in total. The van der Waals surface area contributed by atoms with E-state index in [-0.39, 0.29) is 35.1 Å². The van der Waals surface area contributed by atoms with Crippen LogP contribution in [0.25, 0.3) is 44.1 Å². The molecule has 0 aliphatic heterocycles. The van der Waals surface area contributed by atoms with Crippen molar-refractivity contribution in [1.29, 1.82) is 0 Å². The van der Waals surface area contributed by atoms with Crippen LogP contribution in [0.5, 0.6) is 17.2 Å². The molecule has 0 saturated heterocycles. The number of rotatable bonds is 15. The zero-order valence-corrected chi connectivity index (χ0v) is 47.4. The number of benzene rings is 4. The normalized spacial score (nSPS) is 11.5. The van der Waals surface area contributed by atoms with Gasteiger partial charge in [-0.2, -0.15) is 0 Å². The fourth-order valence-corrected chi connectivity index (χ4v) is 9.46. The Morgan fingerprint density at radius 3 is 1.31 bits per heavy atom. The minimum absolute atomic E-state index is 0.0686. The molecule has 0 aliphatic carbocycles. The number of carbonyl (C=O) groups excluding carboxylic acids is 3. The van der Waals surface area contributed by atoms with Crippen molar-refractivity contribution in [3.63, 3.8) is 0 Å². The first kappa shape index (κ1) is 61.6. The Bertz CT molecular complexity index is 4150. The van der Waals surface area contributed by atoms with Crippen molar-refractivity contribution in [1.82, 2.24) is 34.3 Å². The second-order valence-corrected chi connectivity index (χ2v) is 19.1. The molecule has 5 aromatic heterocycles. The fraction of sp³-hybridized carbons (Fsp3) is 0.183. The third-order valence-electron chi connectivity index (χ3n) is 13.2. The predicted octanol–water partition coefficient (Wildman–Crippen LogP) is 7.87. The van der Waals surface area contributed by atoms with Gasteiger partial charge in [-0.15, -0.1) is 0 Å². The van der Waals surface area contributed by atoms with Gasteiger partial charge in [0.15, 0.2) is 0 Å². The average Bonchev–Trinajstić information content (AvgIpc) is 1.73. The first-order valence-electron chi connectivity index (χ1n) is 25.1. The molecule has 0 spiro atoms. The lowest BCUT2D eigenvalue weighted by molar-refractivity contribution is -0.143. The number of hydrogen-bond acceptors (Lipinski definition) is 13. The molecule has 3 N–H and O–H groups in total. The van der Waals surface area contributed by atoms with Gasteiger partial charge in [0, 0.05) is 86.9 Å². The molecule has 2 atom stereocenters. The van der Waals surface area contributed by atoms with Crippen molar-refractivity contribution in [2.75, 3.05) is 28.4 Å². The highest BCUT2D eigenvalue weighted by Gasteiger charge is 2.29. The number of nitrogens with one attached hydrogen (secondary N) is 2. The predicted molar refractivity (Wildman–Crippen MR) is 306 cm³/mol. The van der Waals surface area contributed by atoms with Gasteiger partial charge < -0.3 is 48.4 Å². The highest BCUT2D eigenvalue weighted by Crippen LogP contribution is 2.35. The van der Waals surface area contributed by atoms with Crippen LogP contribution >= 0.6 is 15.9 Å². The average molecular weight is 1220 g/mol. The zero-order valence-electron chi connectivity index (χ0n) is 45.8. The summed E-state index contributed by atoms with van der Waals surface area (Å²) < 4.78 is 81.6. The molecule has 4 aromatic carbocycles. The molecule has 24 heteroatoms. The highest BCUT2D eigenvalue weighted by atomic mass is 79.9. The molecule has 0 saturated carbocycles. The van der Waals surface area contributed by atoms with E-state index in [0.717, 1.165) is 43.5 Å². The Balaban J connectivity index is 0.000000204. The molecule has 0 unspecified atom stereocenters. The van der Waals surface area contributed by atoms with E-state index in [2.05, 4.69) is 36.5 Å². The van der Waals surface area contributed by atoms with Gasteiger partial charge in [-0.1, -0.05) is 48.5 Å². The minimum Gasteiger partial charge on any atom is -0.496 e. The number of methoxy groups -OCH3 is 4. The maximum Gasteiger partial charge on any atom is 0.328 e. The maximum atomic E-state index is 14.1. The first-order valence-corrected chi connectivity index (χ1v) is 25.9. The second kappa shape index (κ2) is 27.2. The topological polar surface area (TPSA) is 241 Å². The van der Waals surface area contributed by atoms with Crippen molar-refractivity contribution >= 4 is 61.5 Å². The number of nitrogens with zero attached hydrogens (tertiary/aromatic N) is 5. The van der Waals surface area contributed by atoms with Crippen molar-refractivity contribution in [2.24, 2.45) is 21.1 Å². The van der Waals surface area contributed by atoms with Crippen LogP contribution in [0.3, 0.4) is 0 Å². The first-order chi connectivity index (χ1) is 40.1. The number of fused-ring (bicyclic) bond motifs is 2. The molecule has 9 rings (SSSR count). The highest BCUT2D eigenvalue weighted by molar-refractivity contribution is 9.10. The van der Waals surface area contributed by atoms with Crippen molar-refractivity contribution in [3.8, 4) is 39.5 Å². The van der Waals surface area contributed by atoms with Crippen molar-refractivity contribution in [2.45, 2.75) is 24.9 Å². The van der Waals surface area contributed by atoms with E-state index in [4.69, 9.17) is 18.9 Å². The number of amides is 2. The molecule has 0 aliphatic rings. The zero-order chi connectivity index (χ0) is 61.1. The molecule has 0 fully saturated rings. The summed E-state index contributed by atoms with van der Waals surface area (Å²) in [5.74, 6) is -7.51. The third-order valence-corrected chi connectivity index (χ3v) is 13.9. The van der Waals surface area contributed by atoms with E-state index in [1.807, 2.05) is 0 Å². The molecular weight excluding hydrogens is 1170 g/mol. The smallest absolute Gasteiger partial charge is 0.328 e. The Kier molecular flexibility index (Phi) is 20.0. The molecule has 434 valence electrons. The van der Waals surface area contributed by atoms with Crippen LogP contribution in [0.1, 0.15) is 31.8 Å². The number of carboxylic acids is 1. The van der Waals surface area contributed by atoms with Gasteiger partial charge in [-0.3, -0.25) is 33.9 Å².